The zero-order valence-electron chi connectivity index (χ0n) is 47.5. The van der Waals surface area contributed by atoms with E-state index in [2.05, 4.69) is 31.3 Å². The molecule has 0 saturated heterocycles. The number of rotatable bonds is 57. The number of allylic oxidation sites excluding steroid dienone is 3. The van der Waals surface area contributed by atoms with Crippen LogP contribution in [-0.2, 0) is 18.4 Å². The second kappa shape index (κ2) is 52.8. The molecule has 8 nitrogen and oxygen atoms in total. The van der Waals surface area contributed by atoms with Crippen molar-refractivity contribution in [2.75, 3.05) is 40.9 Å². The summed E-state index contributed by atoms with van der Waals surface area (Å²) in [7, 11) is 1.58. The minimum atomic E-state index is -4.35. The van der Waals surface area contributed by atoms with E-state index in [9.17, 15) is 19.4 Å². The molecule has 0 aromatic heterocycles. The number of hydrogen-bond donors (Lipinski definition) is 3. The van der Waals surface area contributed by atoms with Crippen molar-refractivity contribution in [1.29, 1.82) is 0 Å². The van der Waals surface area contributed by atoms with Gasteiger partial charge in [-0.15, -0.1) is 0 Å². The first-order valence-corrected chi connectivity index (χ1v) is 32.2. The standard InChI is InChI=1S/C61H121N2O6P/c1-6-8-10-12-14-16-18-20-22-24-26-27-28-29-30-31-32-33-34-35-36-37-38-40-42-44-46-48-50-52-54-60(64)59(58-69-70(66,67)68-57-56-63(3,4)5)62-61(65)55-53-51-49-47-45-43-41-39-25-23-21-19-17-15-13-11-9-7-2/h23,25,52,54,59-60,64H,6-22,24,26-51,53,55-58H2,1-5H3,(H-,62,65,66,67)/p+1/b25-23-,54-52+. The van der Waals surface area contributed by atoms with Gasteiger partial charge in [0.1, 0.15) is 13.2 Å². The molecule has 0 radical (unpaired) electrons. The molecule has 70 heavy (non-hydrogen) atoms. The van der Waals surface area contributed by atoms with Gasteiger partial charge >= 0.3 is 7.82 Å². The van der Waals surface area contributed by atoms with E-state index in [0.29, 0.717) is 17.4 Å². The van der Waals surface area contributed by atoms with Crippen molar-refractivity contribution in [3.63, 3.8) is 0 Å². The van der Waals surface area contributed by atoms with Crippen LogP contribution in [0.1, 0.15) is 309 Å². The highest BCUT2D eigenvalue weighted by Crippen LogP contribution is 2.43. The lowest BCUT2D eigenvalue weighted by Gasteiger charge is -2.25. The number of unbranched alkanes of at least 4 members (excludes halogenated alkanes) is 42. The molecule has 416 valence electrons. The average Bonchev–Trinajstić information content (AvgIpc) is 3.32. The summed E-state index contributed by atoms with van der Waals surface area (Å²) in [5.41, 5.74) is 0. The fraction of sp³-hybridized carbons (Fsp3) is 0.918. The maximum Gasteiger partial charge on any atom is 0.472 e. The van der Waals surface area contributed by atoms with Crippen molar-refractivity contribution in [2.24, 2.45) is 0 Å². The Kier molecular flexibility index (Phi) is 52.1. The van der Waals surface area contributed by atoms with Gasteiger partial charge in [-0.05, 0) is 44.9 Å². The highest BCUT2D eigenvalue weighted by Gasteiger charge is 2.27. The molecule has 0 spiro atoms. The maximum absolute atomic E-state index is 13.0. The first kappa shape index (κ1) is 69.0. The smallest absolute Gasteiger partial charge is 0.387 e. The molecule has 0 saturated carbocycles. The molecule has 0 aromatic rings. The topological polar surface area (TPSA) is 105 Å². The lowest BCUT2D eigenvalue weighted by atomic mass is 10.0. The first-order valence-electron chi connectivity index (χ1n) is 30.7. The zero-order chi connectivity index (χ0) is 51.3. The molecule has 0 aliphatic rings. The van der Waals surface area contributed by atoms with Crippen LogP contribution in [-0.4, -0.2) is 73.4 Å². The van der Waals surface area contributed by atoms with E-state index in [-0.39, 0.29) is 19.1 Å². The summed E-state index contributed by atoms with van der Waals surface area (Å²) in [4.78, 5) is 23.3. The van der Waals surface area contributed by atoms with Crippen LogP contribution in [0.25, 0.3) is 0 Å². The maximum atomic E-state index is 13.0. The van der Waals surface area contributed by atoms with Gasteiger partial charge in [0.05, 0.1) is 39.9 Å². The molecular formula is C61H122N2O6P+. The monoisotopic (exact) mass is 1010 g/mol. The molecule has 0 rings (SSSR count). The minimum Gasteiger partial charge on any atom is -0.387 e. The summed E-state index contributed by atoms with van der Waals surface area (Å²) in [6, 6.07) is -0.848. The summed E-state index contributed by atoms with van der Waals surface area (Å²) in [6.07, 6.45) is 67.2. The van der Waals surface area contributed by atoms with E-state index in [1.807, 2.05) is 27.2 Å². The number of phosphoric ester groups is 1. The first-order chi connectivity index (χ1) is 34.0. The van der Waals surface area contributed by atoms with Crippen LogP contribution in [0.4, 0.5) is 0 Å². The number of nitrogens with one attached hydrogen (secondary N) is 1. The van der Waals surface area contributed by atoms with Gasteiger partial charge in [0.15, 0.2) is 0 Å². The Morgan fingerprint density at radius 2 is 0.771 bits per heavy atom. The molecule has 0 aliphatic heterocycles. The second-order valence-corrected chi connectivity index (χ2v) is 23.9. The van der Waals surface area contributed by atoms with Gasteiger partial charge in [0, 0.05) is 6.42 Å². The average molecular weight is 1010 g/mol. The third-order valence-electron chi connectivity index (χ3n) is 14.2. The Morgan fingerprint density at radius 3 is 1.10 bits per heavy atom. The molecule has 0 aromatic carbocycles. The number of quaternary nitrogens is 1. The predicted molar refractivity (Wildman–Crippen MR) is 305 cm³/mol. The Balaban J connectivity index is 4.10. The van der Waals surface area contributed by atoms with Crippen molar-refractivity contribution < 1.29 is 32.9 Å². The number of amides is 1. The van der Waals surface area contributed by atoms with E-state index < -0.39 is 20.0 Å². The number of likely N-dealkylation sites (N-methyl/N-ethyl adjacent to an activating group) is 1. The highest BCUT2D eigenvalue weighted by atomic mass is 31.2. The molecule has 3 N–H and O–H groups in total. The quantitative estimate of drug-likeness (QED) is 0.0243. The summed E-state index contributed by atoms with van der Waals surface area (Å²) in [6.45, 7) is 4.85. The fourth-order valence-corrected chi connectivity index (χ4v) is 10.1. The number of nitrogens with zero attached hydrogens (tertiary/aromatic N) is 1. The summed E-state index contributed by atoms with van der Waals surface area (Å²) < 4.78 is 23.7. The highest BCUT2D eigenvalue weighted by molar-refractivity contribution is 7.47. The third-order valence-corrected chi connectivity index (χ3v) is 15.1. The van der Waals surface area contributed by atoms with Gasteiger partial charge in [-0.25, -0.2) is 4.57 Å². The van der Waals surface area contributed by atoms with E-state index >= 15 is 0 Å². The van der Waals surface area contributed by atoms with Crippen LogP contribution in [0, 0.1) is 0 Å². The number of phosphoric acid groups is 1. The zero-order valence-corrected chi connectivity index (χ0v) is 48.4. The largest absolute Gasteiger partial charge is 0.472 e. The molecule has 3 unspecified atom stereocenters. The third kappa shape index (κ3) is 54.7. The second-order valence-electron chi connectivity index (χ2n) is 22.4. The van der Waals surface area contributed by atoms with Gasteiger partial charge in [-0.1, -0.05) is 282 Å². The number of carbonyl (C=O) groups is 1. The van der Waals surface area contributed by atoms with Crippen LogP contribution < -0.4 is 5.32 Å². The SMILES string of the molecule is CCCCCCCCC/C=C\CCCCCCCCCC(=O)NC(COP(=O)(O)OCC[N+](C)(C)C)C(O)/C=C/CCCCCCCCCCCCCCCCCCCCCCCCCCCCCC. The van der Waals surface area contributed by atoms with Crippen molar-refractivity contribution >= 4 is 13.7 Å². The van der Waals surface area contributed by atoms with E-state index in [1.165, 1.54) is 250 Å². The van der Waals surface area contributed by atoms with Crippen molar-refractivity contribution in [3.05, 3.63) is 24.3 Å². The van der Waals surface area contributed by atoms with Crippen molar-refractivity contribution in [1.82, 2.24) is 5.32 Å². The Morgan fingerprint density at radius 1 is 0.471 bits per heavy atom. The predicted octanol–water partition coefficient (Wildman–Crippen LogP) is 18.8. The van der Waals surface area contributed by atoms with E-state index in [1.54, 1.807) is 6.08 Å². The molecule has 0 heterocycles. The Hall–Kier alpha value is -1.02. The summed E-state index contributed by atoms with van der Waals surface area (Å²) in [5, 5.41) is 14.0. The van der Waals surface area contributed by atoms with Crippen molar-refractivity contribution in [2.45, 2.75) is 321 Å². The molecular weight excluding hydrogens is 888 g/mol. The van der Waals surface area contributed by atoms with Crippen LogP contribution in [0.3, 0.4) is 0 Å². The number of carbonyl (C=O) groups excluding carboxylic acids is 1. The van der Waals surface area contributed by atoms with E-state index in [4.69, 9.17) is 9.05 Å². The lowest BCUT2D eigenvalue weighted by molar-refractivity contribution is -0.870. The molecule has 0 fully saturated rings. The van der Waals surface area contributed by atoms with Crippen molar-refractivity contribution in [3.8, 4) is 0 Å². The van der Waals surface area contributed by atoms with E-state index in [0.717, 1.165) is 38.5 Å². The van der Waals surface area contributed by atoms with Gasteiger partial charge in [0.2, 0.25) is 5.91 Å². The molecule has 0 aliphatic carbocycles. The van der Waals surface area contributed by atoms with Crippen LogP contribution in [0.2, 0.25) is 0 Å². The van der Waals surface area contributed by atoms with Gasteiger partial charge in [-0.3, -0.25) is 13.8 Å². The minimum absolute atomic E-state index is 0.0623. The van der Waals surface area contributed by atoms with Gasteiger partial charge in [0.25, 0.3) is 0 Å². The fourth-order valence-electron chi connectivity index (χ4n) is 9.33. The summed E-state index contributed by atoms with van der Waals surface area (Å²) in [5.74, 6) is -0.177. The molecule has 9 heteroatoms. The molecule has 3 atom stereocenters. The Bertz CT molecular complexity index is 1190. The number of aliphatic hydroxyl groups excluding tert-OH is 1. The molecule has 1 amide bonds. The van der Waals surface area contributed by atoms with Gasteiger partial charge < -0.3 is 19.8 Å². The number of hydrogen-bond acceptors (Lipinski definition) is 5. The van der Waals surface area contributed by atoms with Crippen LogP contribution in [0.15, 0.2) is 24.3 Å². The summed E-state index contributed by atoms with van der Waals surface area (Å²) >= 11 is 0. The lowest BCUT2D eigenvalue weighted by Crippen LogP contribution is -2.45. The molecule has 0 bridgehead atoms. The van der Waals surface area contributed by atoms with Crippen LogP contribution in [0.5, 0.6) is 0 Å². The van der Waals surface area contributed by atoms with Crippen LogP contribution >= 0.6 is 7.82 Å². The number of aliphatic hydroxyl groups is 1. The Labute approximate surface area is 436 Å². The normalized spacial score (nSPS) is 14.0. The van der Waals surface area contributed by atoms with Gasteiger partial charge in [-0.2, -0.15) is 0 Å².